The maximum Gasteiger partial charge on any atom is 0.290 e. The molecule has 132 valence electrons. The third-order valence-corrected chi connectivity index (χ3v) is 4.17. The lowest BCUT2D eigenvalue weighted by molar-refractivity contribution is 0.0655. The highest BCUT2D eigenvalue weighted by Gasteiger charge is 2.21. The second-order valence-electron chi connectivity index (χ2n) is 6.09. The monoisotopic (exact) mass is 345 g/mol. The Bertz CT molecular complexity index is 843. The quantitative estimate of drug-likeness (QED) is 0.881. The van der Waals surface area contributed by atoms with Gasteiger partial charge in [0.2, 0.25) is 5.43 Å². The van der Waals surface area contributed by atoms with E-state index in [9.17, 15) is 14.0 Å². The van der Waals surface area contributed by atoms with Crippen LogP contribution in [0.5, 0.6) is 0 Å². The molecule has 8 heteroatoms. The summed E-state index contributed by atoms with van der Waals surface area (Å²) in [5, 5.41) is 5.86. The molecule has 1 aromatic carbocycles. The van der Waals surface area contributed by atoms with E-state index in [0.29, 0.717) is 18.8 Å². The summed E-state index contributed by atoms with van der Waals surface area (Å²) in [5.74, 6) is -1.06. The summed E-state index contributed by atoms with van der Waals surface area (Å²) < 4.78 is 15.3. The van der Waals surface area contributed by atoms with E-state index >= 15 is 0 Å². The standard InChI is InChI=1S/C17H20FN5O2/c1-12-11-15(24)16(17(25)20-22-9-7-21(2)8-10-22)19-23(12)14-6-4-3-5-13(14)18/h3-6,11H,7-10H2,1-2H3,(H,20,25). The first-order valence-electron chi connectivity index (χ1n) is 8.06. The number of hydrogen-bond acceptors (Lipinski definition) is 5. The summed E-state index contributed by atoms with van der Waals surface area (Å²) >= 11 is 0. The lowest BCUT2D eigenvalue weighted by atomic mass is 10.2. The van der Waals surface area contributed by atoms with Gasteiger partial charge in [0.05, 0.1) is 0 Å². The van der Waals surface area contributed by atoms with Gasteiger partial charge in [-0.2, -0.15) is 5.10 Å². The van der Waals surface area contributed by atoms with Crippen molar-refractivity contribution >= 4 is 5.91 Å². The average molecular weight is 345 g/mol. The van der Waals surface area contributed by atoms with Crippen LogP contribution in [0.1, 0.15) is 16.2 Å². The van der Waals surface area contributed by atoms with E-state index in [1.807, 2.05) is 7.05 Å². The second-order valence-corrected chi connectivity index (χ2v) is 6.09. The minimum atomic E-state index is -0.584. The molecular weight excluding hydrogens is 325 g/mol. The minimum absolute atomic E-state index is 0.189. The average Bonchev–Trinajstić information content (AvgIpc) is 2.58. The number of benzene rings is 1. The van der Waals surface area contributed by atoms with E-state index in [0.717, 1.165) is 13.1 Å². The van der Waals surface area contributed by atoms with Gasteiger partial charge < -0.3 is 4.90 Å². The Labute approximate surface area is 144 Å². The highest BCUT2D eigenvalue weighted by molar-refractivity contribution is 5.91. The molecule has 1 saturated heterocycles. The Morgan fingerprint density at radius 2 is 1.88 bits per heavy atom. The zero-order valence-electron chi connectivity index (χ0n) is 14.2. The van der Waals surface area contributed by atoms with Gasteiger partial charge in [-0.1, -0.05) is 12.1 Å². The number of para-hydroxylation sites is 1. The molecule has 0 saturated carbocycles. The normalized spacial score (nSPS) is 16.0. The van der Waals surface area contributed by atoms with Crippen molar-refractivity contribution in [3.8, 4) is 5.69 Å². The first-order valence-corrected chi connectivity index (χ1v) is 8.06. The molecule has 25 heavy (non-hydrogen) atoms. The van der Waals surface area contributed by atoms with Crippen LogP contribution in [0, 0.1) is 12.7 Å². The molecule has 0 aliphatic carbocycles. The van der Waals surface area contributed by atoms with Gasteiger partial charge in [-0.25, -0.2) is 14.1 Å². The molecule has 1 N–H and O–H groups in total. The third-order valence-electron chi connectivity index (χ3n) is 4.17. The van der Waals surface area contributed by atoms with Crippen LogP contribution in [0.2, 0.25) is 0 Å². The highest BCUT2D eigenvalue weighted by atomic mass is 19.1. The number of aryl methyl sites for hydroxylation is 1. The van der Waals surface area contributed by atoms with Crippen molar-refractivity contribution in [1.82, 2.24) is 25.1 Å². The van der Waals surface area contributed by atoms with Crippen LogP contribution in [0.3, 0.4) is 0 Å². The van der Waals surface area contributed by atoms with Crippen molar-refractivity contribution in [3.63, 3.8) is 0 Å². The Morgan fingerprint density at radius 3 is 2.56 bits per heavy atom. The van der Waals surface area contributed by atoms with Crippen LogP contribution >= 0.6 is 0 Å². The smallest absolute Gasteiger partial charge is 0.290 e. The van der Waals surface area contributed by atoms with Gasteiger partial charge in [-0.3, -0.25) is 15.0 Å². The summed E-state index contributed by atoms with van der Waals surface area (Å²) in [6, 6.07) is 7.37. The zero-order chi connectivity index (χ0) is 18.0. The zero-order valence-corrected chi connectivity index (χ0v) is 14.2. The number of aromatic nitrogens is 2. The molecule has 3 rings (SSSR count). The summed E-state index contributed by atoms with van der Waals surface area (Å²) in [7, 11) is 2.01. The molecule has 1 amide bonds. The molecule has 1 aromatic heterocycles. The van der Waals surface area contributed by atoms with E-state index in [1.165, 1.54) is 16.8 Å². The molecule has 2 heterocycles. The lowest BCUT2D eigenvalue weighted by Gasteiger charge is -2.32. The van der Waals surface area contributed by atoms with Crippen LogP contribution in [0.25, 0.3) is 5.69 Å². The van der Waals surface area contributed by atoms with E-state index in [4.69, 9.17) is 0 Å². The predicted octanol–water partition coefficient (Wildman–Crippen LogP) is 0.572. The number of carbonyl (C=O) groups excluding carboxylic acids is 1. The van der Waals surface area contributed by atoms with Crippen LogP contribution < -0.4 is 10.9 Å². The summed E-state index contributed by atoms with van der Waals surface area (Å²) in [6.45, 7) is 4.61. The number of nitrogens with zero attached hydrogens (tertiary/aromatic N) is 4. The molecule has 7 nitrogen and oxygen atoms in total. The lowest BCUT2D eigenvalue weighted by Crippen LogP contribution is -2.53. The molecule has 1 aliphatic heterocycles. The van der Waals surface area contributed by atoms with Gasteiger partial charge in [-0.05, 0) is 26.1 Å². The van der Waals surface area contributed by atoms with Crippen molar-refractivity contribution in [2.24, 2.45) is 0 Å². The molecule has 0 radical (unpaired) electrons. The highest BCUT2D eigenvalue weighted by Crippen LogP contribution is 2.13. The fourth-order valence-corrected chi connectivity index (χ4v) is 2.69. The first kappa shape index (κ1) is 17.2. The van der Waals surface area contributed by atoms with Gasteiger partial charge in [0.15, 0.2) is 5.69 Å². The minimum Gasteiger partial charge on any atom is -0.304 e. The van der Waals surface area contributed by atoms with Gasteiger partial charge in [0.25, 0.3) is 5.91 Å². The SMILES string of the molecule is Cc1cc(=O)c(C(=O)NN2CCN(C)CC2)nn1-c1ccccc1F. The topological polar surface area (TPSA) is 70.5 Å². The summed E-state index contributed by atoms with van der Waals surface area (Å²) in [4.78, 5) is 26.8. The van der Waals surface area contributed by atoms with Crippen molar-refractivity contribution in [1.29, 1.82) is 0 Å². The Kier molecular flexibility index (Phi) is 4.91. The molecule has 0 bridgehead atoms. The van der Waals surface area contributed by atoms with Gasteiger partial charge >= 0.3 is 0 Å². The maximum atomic E-state index is 14.0. The third kappa shape index (κ3) is 3.75. The molecule has 0 atom stereocenters. The molecule has 0 unspecified atom stereocenters. The number of rotatable bonds is 3. The fraction of sp³-hybridized carbons (Fsp3) is 0.353. The number of carbonyl (C=O) groups is 1. The van der Waals surface area contributed by atoms with Crippen molar-refractivity contribution < 1.29 is 9.18 Å². The fourth-order valence-electron chi connectivity index (χ4n) is 2.69. The van der Waals surface area contributed by atoms with Crippen LogP contribution in [0.4, 0.5) is 4.39 Å². The largest absolute Gasteiger partial charge is 0.304 e. The predicted molar refractivity (Wildman–Crippen MR) is 91.1 cm³/mol. The summed E-state index contributed by atoms with van der Waals surface area (Å²) in [5.41, 5.74) is 2.60. The number of nitrogens with one attached hydrogen (secondary N) is 1. The Balaban J connectivity index is 1.89. The maximum absolute atomic E-state index is 14.0. The van der Waals surface area contributed by atoms with Crippen LogP contribution in [0.15, 0.2) is 35.1 Å². The molecule has 1 aliphatic rings. The van der Waals surface area contributed by atoms with E-state index in [-0.39, 0.29) is 11.4 Å². The van der Waals surface area contributed by atoms with E-state index in [2.05, 4.69) is 15.4 Å². The van der Waals surface area contributed by atoms with Gasteiger partial charge in [-0.15, -0.1) is 0 Å². The Morgan fingerprint density at radius 1 is 1.20 bits per heavy atom. The molecular formula is C17H20FN5O2. The van der Waals surface area contributed by atoms with E-state index in [1.54, 1.807) is 30.1 Å². The number of amides is 1. The number of piperazine rings is 1. The van der Waals surface area contributed by atoms with Crippen LogP contribution in [-0.4, -0.2) is 58.8 Å². The van der Waals surface area contributed by atoms with Gasteiger partial charge in [0.1, 0.15) is 11.5 Å². The van der Waals surface area contributed by atoms with Gasteiger partial charge in [0, 0.05) is 37.9 Å². The number of halogens is 1. The Hall–Kier alpha value is -2.58. The molecule has 2 aromatic rings. The second kappa shape index (κ2) is 7.12. The van der Waals surface area contributed by atoms with Crippen LogP contribution in [-0.2, 0) is 0 Å². The van der Waals surface area contributed by atoms with Crippen molar-refractivity contribution in [2.75, 3.05) is 33.2 Å². The van der Waals surface area contributed by atoms with Crippen molar-refractivity contribution in [2.45, 2.75) is 6.92 Å². The number of hydrogen-bond donors (Lipinski definition) is 1. The summed E-state index contributed by atoms with van der Waals surface area (Å²) in [6.07, 6.45) is 0. The van der Waals surface area contributed by atoms with Crippen molar-refractivity contribution in [3.05, 3.63) is 57.8 Å². The first-order chi connectivity index (χ1) is 12.0. The number of likely N-dealkylation sites (N-methyl/N-ethyl adjacent to an activating group) is 1. The van der Waals surface area contributed by atoms with E-state index < -0.39 is 17.2 Å². The molecule has 0 spiro atoms. The number of hydrazine groups is 1. The molecule has 1 fully saturated rings.